The third kappa shape index (κ3) is 4.62. The van der Waals surface area contributed by atoms with Gasteiger partial charge in [0, 0.05) is 29.6 Å². The number of benzene rings is 2. The Labute approximate surface area is 183 Å². The van der Waals surface area contributed by atoms with Gasteiger partial charge in [-0.25, -0.2) is 4.79 Å². The van der Waals surface area contributed by atoms with Crippen LogP contribution in [0, 0.1) is 0 Å². The van der Waals surface area contributed by atoms with Crippen molar-refractivity contribution < 1.29 is 19.0 Å². The first-order valence-corrected chi connectivity index (χ1v) is 11.2. The first-order valence-electron chi connectivity index (χ1n) is 11.2. The van der Waals surface area contributed by atoms with E-state index in [1.165, 1.54) is 5.56 Å². The van der Waals surface area contributed by atoms with Gasteiger partial charge >= 0.3 is 5.97 Å². The Bertz CT molecular complexity index is 1030. The molecule has 0 radical (unpaired) electrons. The van der Waals surface area contributed by atoms with E-state index >= 15 is 0 Å². The molecule has 164 valence electrons. The molecule has 0 aliphatic carbocycles. The van der Waals surface area contributed by atoms with Crippen molar-refractivity contribution >= 4 is 16.9 Å². The highest BCUT2D eigenvalue weighted by Gasteiger charge is 2.26. The zero-order valence-electron chi connectivity index (χ0n) is 18.6. The van der Waals surface area contributed by atoms with Crippen LogP contribution >= 0.6 is 0 Å². The topological polar surface area (TPSA) is 49.7 Å². The van der Waals surface area contributed by atoms with Crippen molar-refractivity contribution in [2.45, 2.75) is 58.8 Å². The summed E-state index contributed by atoms with van der Waals surface area (Å²) in [6, 6.07) is 16.3. The zero-order chi connectivity index (χ0) is 21.8. The van der Waals surface area contributed by atoms with E-state index < -0.39 is 0 Å². The predicted octanol–water partition coefficient (Wildman–Crippen LogP) is 5.90. The van der Waals surface area contributed by atoms with Gasteiger partial charge in [-0.1, -0.05) is 44.2 Å². The molecule has 1 aliphatic heterocycles. The SMILES string of the molecule is CCOC(=O)c1c(C(C)C)n(Cc2ccccc2)c2ccc(OC3CCCCO3)cc12. The van der Waals surface area contributed by atoms with Crippen LogP contribution in [-0.2, 0) is 16.0 Å². The van der Waals surface area contributed by atoms with Crippen LogP contribution in [0.2, 0.25) is 0 Å². The van der Waals surface area contributed by atoms with Crippen LogP contribution in [0.4, 0.5) is 0 Å². The highest BCUT2D eigenvalue weighted by atomic mass is 16.7. The van der Waals surface area contributed by atoms with Crippen molar-refractivity contribution in [1.29, 1.82) is 0 Å². The van der Waals surface area contributed by atoms with Crippen molar-refractivity contribution in [3.8, 4) is 5.75 Å². The van der Waals surface area contributed by atoms with E-state index in [-0.39, 0.29) is 18.2 Å². The molecule has 3 aromatic rings. The summed E-state index contributed by atoms with van der Waals surface area (Å²) in [7, 11) is 0. The molecule has 2 aromatic carbocycles. The number of nitrogens with zero attached hydrogens (tertiary/aromatic N) is 1. The van der Waals surface area contributed by atoms with Gasteiger partial charge < -0.3 is 18.8 Å². The largest absolute Gasteiger partial charge is 0.465 e. The molecule has 1 fully saturated rings. The average molecular weight is 422 g/mol. The number of hydrogen-bond donors (Lipinski definition) is 0. The van der Waals surface area contributed by atoms with E-state index in [9.17, 15) is 4.79 Å². The monoisotopic (exact) mass is 421 g/mol. The third-order valence-corrected chi connectivity index (χ3v) is 5.69. The number of aromatic nitrogens is 1. The van der Waals surface area contributed by atoms with Crippen LogP contribution < -0.4 is 4.74 Å². The summed E-state index contributed by atoms with van der Waals surface area (Å²) in [6.45, 7) is 7.83. The van der Waals surface area contributed by atoms with Crippen LogP contribution in [0.3, 0.4) is 0 Å². The average Bonchev–Trinajstić information content (AvgIpc) is 3.09. The second kappa shape index (κ2) is 9.56. The third-order valence-electron chi connectivity index (χ3n) is 5.69. The molecule has 1 aliphatic rings. The number of rotatable bonds is 7. The Kier molecular flexibility index (Phi) is 6.62. The molecule has 0 spiro atoms. The summed E-state index contributed by atoms with van der Waals surface area (Å²) < 4.78 is 19.5. The van der Waals surface area contributed by atoms with E-state index in [2.05, 4.69) is 30.5 Å². The zero-order valence-corrected chi connectivity index (χ0v) is 18.6. The van der Waals surface area contributed by atoms with Crippen molar-refractivity contribution in [2.24, 2.45) is 0 Å². The summed E-state index contributed by atoms with van der Waals surface area (Å²) in [5, 5.41) is 0.867. The van der Waals surface area contributed by atoms with Crippen LogP contribution in [0.1, 0.15) is 67.6 Å². The number of esters is 1. The minimum absolute atomic E-state index is 0.154. The van der Waals surface area contributed by atoms with Gasteiger partial charge in [0.15, 0.2) is 6.29 Å². The molecule has 1 atom stereocenters. The maximum Gasteiger partial charge on any atom is 0.340 e. The Hall–Kier alpha value is -2.79. The van der Waals surface area contributed by atoms with Crippen molar-refractivity contribution in [1.82, 2.24) is 4.57 Å². The Morgan fingerprint density at radius 2 is 1.97 bits per heavy atom. The lowest BCUT2D eigenvalue weighted by Gasteiger charge is -2.23. The van der Waals surface area contributed by atoms with Gasteiger partial charge in [-0.2, -0.15) is 0 Å². The first-order chi connectivity index (χ1) is 15.1. The van der Waals surface area contributed by atoms with Crippen LogP contribution in [0.15, 0.2) is 48.5 Å². The van der Waals surface area contributed by atoms with Gasteiger partial charge in [0.2, 0.25) is 0 Å². The predicted molar refractivity (Wildman–Crippen MR) is 122 cm³/mol. The fourth-order valence-corrected chi connectivity index (χ4v) is 4.34. The molecule has 0 amide bonds. The van der Waals surface area contributed by atoms with Gasteiger partial charge in [0.1, 0.15) is 5.75 Å². The van der Waals surface area contributed by atoms with E-state index in [0.29, 0.717) is 18.7 Å². The molecule has 5 heteroatoms. The minimum atomic E-state index is -0.283. The minimum Gasteiger partial charge on any atom is -0.465 e. The van der Waals surface area contributed by atoms with Gasteiger partial charge in [0.25, 0.3) is 0 Å². The number of carbonyl (C=O) groups excluding carboxylic acids is 1. The molecule has 1 saturated heterocycles. The molecule has 1 aromatic heterocycles. The summed E-state index contributed by atoms with van der Waals surface area (Å²) in [4.78, 5) is 13.0. The number of ether oxygens (including phenoxy) is 3. The molecular formula is C26H31NO4. The van der Waals surface area contributed by atoms with Gasteiger partial charge in [-0.3, -0.25) is 0 Å². The normalized spacial score (nSPS) is 16.6. The molecule has 2 heterocycles. The van der Waals surface area contributed by atoms with Crippen molar-refractivity contribution in [3.63, 3.8) is 0 Å². The first kappa shape index (κ1) is 21.4. The van der Waals surface area contributed by atoms with Crippen molar-refractivity contribution in [2.75, 3.05) is 13.2 Å². The summed E-state index contributed by atoms with van der Waals surface area (Å²) >= 11 is 0. The molecule has 4 rings (SSSR count). The Morgan fingerprint density at radius 1 is 1.16 bits per heavy atom. The second-order valence-electron chi connectivity index (χ2n) is 8.30. The van der Waals surface area contributed by atoms with Crippen molar-refractivity contribution in [3.05, 3.63) is 65.4 Å². The molecule has 0 bridgehead atoms. The molecule has 0 saturated carbocycles. The number of carbonyl (C=O) groups is 1. The summed E-state index contributed by atoms with van der Waals surface area (Å²) in [5.74, 6) is 0.591. The van der Waals surface area contributed by atoms with Gasteiger partial charge in [-0.15, -0.1) is 0 Å². The van der Waals surface area contributed by atoms with Crippen LogP contribution in [0.5, 0.6) is 5.75 Å². The summed E-state index contributed by atoms with van der Waals surface area (Å²) in [5.41, 5.74) is 3.82. The highest BCUT2D eigenvalue weighted by molar-refractivity contribution is 6.06. The van der Waals surface area contributed by atoms with Crippen LogP contribution in [0.25, 0.3) is 10.9 Å². The lowest BCUT2D eigenvalue weighted by Crippen LogP contribution is -2.24. The number of fused-ring (bicyclic) bond motifs is 1. The standard InChI is InChI=1S/C26H31NO4/c1-4-29-26(28)24-21-16-20(31-23-12-8-9-15-30-23)13-14-22(21)27(25(24)18(2)3)17-19-10-6-5-7-11-19/h5-7,10-11,13-14,16,18,23H,4,8-9,12,15,17H2,1-3H3. The maximum atomic E-state index is 13.0. The highest BCUT2D eigenvalue weighted by Crippen LogP contribution is 2.35. The quantitative estimate of drug-likeness (QED) is 0.446. The molecular weight excluding hydrogens is 390 g/mol. The van der Waals surface area contributed by atoms with E-state index in [0.717, 1.165) is 48.2 Å². The van der Waals surface area contributed by atoms with Gasteiger partial charge in [-0.05, 0) is 49.4 Å². The molecule has 5 nitrogen and oxygen atoms in total. The lowest BCUT2D eigenvalue weighted by atomic mass is 10.0. The van der Waals surface area contributed by atoms with Gasteiger partial charge in [0.05, 0.1) is 18.8 Å². The molecule has 0 N–H and O–H groups in total. The second-order valence-corrected chi connectivity index (χ2v) is 8.30. The maximum absolute atomic E-state index is 13.0. The fourth-order valence-electron chi connectivity index (χ4n) is 4.34. The molecule has 1 unspecified atom stereocenters. The Balaban J connectivity index is 1.82. The molecule has 31 heavy (non-hydrogen) atoms. The number of hydrogen-bond acceptors (Lipinski definition) is 4. The van der Waals surface area contributed by atoms with E-state index in [1.807, 2.05) is 43.3 Å². The summed E-state index contributed by atoms with van der Waals surface area (Å²) in [6.07, 6.45) is 2.83. The van der Waals surface area contributed by atoms with E-state index in [1.54, 1.807) is 0 Å². The van der Waals surface area contributed by atoms with Crippen LogP contribution in [-0.4, -0.2) is 30.0 Å². The van der Waals surface area contributed by atoms with E-state index in [4.69, 9.17) is 14.2 Å². The fraction of sp³-hybridized carbons (Fsp3) is 0.423. The lowest BCUT2D eigenvalue weighted by molar-refractivity contribution is -0.105. The Morgan fingerprint density at radius 3 is 2.65 bits per heavy atom. The smallest absolute Gasteiger partial charge is 0.340 e.